The van der Waals surface area contributed by atoms with Gasteiger partial charge >= 0.3 is 0 Å². The molecule has 1 aromatic heterocycles. The molecule has 0 spiro atoms. The van der Waals surface area contributed by atoms with E-state index in [1.807, 2.05) is 6.07 Å². The van der Waals surface area contributed by atoms with Crippen molar-refractivity contribution in [3.8, 4) is 0 Å². The normalized spacial score (nSPS) is 18.2. The number of hydrogen-bond acceptors (Lipinski definition) is 5. The molecule has 1 saturated heterocycles. The highest BCUT2D eigenvalue weighted by Gasteiger charge is 2.28. The van der Waals surface area contributed by atoms with Crippen LogP contribution >= 0.6 is 11.3 Å². The fourth-order valence-electron chi connectivity index (χ4n) is 3.42. The highest BCUT2D eigenvalue weighted by Crippen LogP contribution is 2.25. The van der Waals surface area contributed by atoms with Crippen LogP contribution in [0.3, 0.4) is 0 Å². The SMILES string of the molecule is C[C@H]1CCCN(S(=O)(=O)c2ccc(NC(=O)c3ccc4ncsc4c3)cc2)C1. The summed E-state index contributed by atoms with van der Waals surface area (Å²) < 4.78 is 28.1. The third-order valence-corrected chi connectivity index (χ3v) is 7.63. The molecule has 0 radical (unpaired) electrons. The smallest absolute Gasteiger partial charge is 0.255 e. The molecule has 1 aliphatic heterocycles. The summed E-state index contributed by atoms with van der Waals surface area (Å²) in [7, 11) is -3.50. The van der Waals surface area contributed by atoms with E-state index in [2.05, 4.69) is 17.2 Å². The lowest BCUT2D eigenvalue weighted by Gasteiger charge is -2.30. The molecule has 8 heteroatoms. The van der Waals surface area contributed by atoms with E-state index in [4.69, 9.17) is 0 Å². The van der Waals surface area contributed by atoms with E-state index < -0.39 is 10.0 Å². The number of hydrogen-bond donors (Lipinski definition) is 1. The Hall–Kier alpha value is -2.29. The largest absolute Gasteiger partial charge is 0.322 e. The van der Waals surface area contributed by atoms with Gasteiger partial charge < -0.3 is 5.32 Å². The summed E-state index contributed by atoms with van der Waals surface area (Å²) in [6, 6.07) is 11.7. The Morgan fingerprint density at radius 1 is 1.21 bits per heavy atom. The van der Waals surface area contributed by atoms with E-state index in [9.17, 15) is 13.2 Å². The van der Waals surface area contributed by atoms with E-state index in [0.29, 0.717) is 30.3 Å². The Labute approximate surface area is 168 Å². The van der Waals surface area contributed by atoms with Crippen molar-refractivity contribution in [3.63, 3.8) is 0 Å². The fraction of sp³-hybridized carbons (Fsp3) is 0.300. The Kier molecular flexibility index (Phi) is 5.18. The lowest BCUT2D eigenvalue weighted by atomic mass is 10.0. The lowest BCUT2D eigenvalue weighted by Crippen LogP contribution is -2.39. The quantitative estimate of drug-likeness (QED) is 0.699. The number of benzene rings is 2. The summed E-state index contributed by atoms with van der Waals surface area (Å²) in [5.74, 6) is 0.133. The molecule has 0 bridgehead atoms. The maximum Gasteiger partial charge on any atom is 0.255 e. The van der Waals surface area contributed by atoms with Crippen molar-refractivity contribution >= 4 is 43.2 Å². The predicted molar refractivity (Wildman–Crippen MR) is 111 cm³/mol. The van der Waals surface area contributed by atoms with Crippen LogP contribution in [0.1, 0.15) is 30.1 Å². The first-order valence-electron chi connectivity index (χ1n) is 9.18. The molecule has 1 fully saturated rings. The summed E-state index contributed by atoms with van der Waals surface area (Å²) >= 11 is 1.48. The number of carbonyl (C=O) groups excluding carboxylic acids is 1. The van der Waals surface area contributed by atoms with Crippen molar-refractivity contribution in [2.24, 2.45) is 5.92 Å². The standard InChI is InChI=1S/C20H21N3O3S2/c1-14-3-2-10-23(12-14)28(25,26)17-7-5-16(6-8-17)22-20(24)15-4-9-18-19(11-15)27-13-21-18/h4-9,11,13-14H,2-3,10,12H2,1H3,(H,22,24)/t14-/m0/s1. The Bertz CT molecular complexity index is 1110. The topological polar surface area (TPSA) is 79.4 Å². The summed E-state index contributed by atoms with van der Waals surface area (Å²) in [4.78, 5) is 17.0. The maximum absolute atomic E-state index is 12.8. The minimum Gasteiger partial charge on any atom is -0.322 e. The van der Waals surface area contributed by atoms with E-state index >= 15 is 0 Å². The second kappa shape index (κ2) is 7.62. The zero-order valence-corrected chi connectivity index (χ0v) is 17.1. The maximum atomic E-state index is 12.8. The molecule has 28 heavy (non-hydrogen) atoms. The molecule has 0 saturated carbocycles. The molecule has 2 aromatic carbocycles. The number of nitrogens with zero attached hydrogens (tertiary/aromatic N) is 2. The Morgan fingerprint density at radius 3 is 2.75 bits per heavy atom. The minimum absolute atomic E-state index is 0.240. The monoisotopic (exact) mass is 415 g/mol. The fourth-order valence-corrected chi connectivity index (χ4v) is 5.74. The molecular formula is C20H21N3O3S2. The number of fused-ring (bicyclic) bond motifs is 1. The van der Waals surface area contributed by atoms with Gasteiger partial charge in [0.05, 0.1) is 20.6 Å². The van der Waals surface area contributed by atoms with Crippen molar-refractivity contribution in [3.05, 3.63) is 53.5 Å². The van der Waals surface area contributed by atoms with Crippen LogP contribution in [0.2, 0.25) is 0 Å². The van der Waals surface area contributed by atoms with E-state index in [0.717, 1.165) is 23.1 Å². The molecule has 0 unspecified atom stereocenters. The number of amides is 1. The van der Waals surface area contributed by atoms with Crippen molar-refractivity contribution < 1.29 is 13.2 Å². The zero-order chi connectivity index (χ0) is 19.7. The average molecular weight is 416 g/mol. The number of sulfonamides is 1. The minimum atomic E-state index is -3.50. The number of thiazole rings is 1. The first kappa shape index (κ1) is 19.0. The average Bonchev–Trinajstić information content (AvgIpc) is 3.16. The molecule has 0 aliphatic carbocycles. The molecule has 6 nitrogen and oxygen atoms in total. The van der Waals surface area contributed by atoms with Gasteiger partial charge in [-0.1, -0.05) is 6.92 Å². The summed E-state index contributed by atoms with van der Waals surface area (Å²) in [5, 5.41) is 2.82. The molecule has 1 amide bonds. The van der Waals surface area contributed by atoms with Gasteiger partial charge in [-0.15, -0.1) is 11.3 Å². The van der Waals surface area contributed by atoms with Gasteiger partial charge in [-0.3, -0.25) is 4.79 Å². The third-order valence-electron chi connectivity index (χ3n) is 4.96. The van der Waals surface area contributed by atoms with Crippen molar-refractivity contribution in [1.82, 2.24) is 9.29 Å². The molecule has 1 atom stereocenters. The van der Waals surface area contributed by atoms with Gasteiger partial charge in [0.25, 0.3) is 5.91 Å². The van der Waals surface area contributed by atoms with Gasteiger partial charge in [-0.25, -0.2) is 13.4 Å². The van der Waals surface area contributed by atoms with Gasteiger partial charge in [0.2, 0.25) is 10.0 Å². The Morgan fingerprint density at radius 2 is 2.00 bits per heavy atom. The number of anilines is 1. The van der Waals surface area contributed by atoms with Crippen LogP contribution in [0.15, 0.2) is 52.9 Å². The number of aromatic nitrogens is 1. The predicted octanol–water partition coefficient (Wildman–Crippen LogP) is 3.97. The number of nitrogens with one attached hydrogen (secondary N) is 1. The zero-order valence-electron chi connectivity index (χ0n) is 15.5. The molecule has 1 N–H and O–H groups in total. The molecule has 2 heterocycles. The highest BCUT2D eigenvalue weighted by atomic mass is 32.2. The number of piperidine rings is 1. The second-order valence-electron chi connectivity index (χ2n) is 7.12. The lowest BCUT2D eigenvalue weighted by molar-refractivity contribution is 0.102. The molecule has 3 aromatic rings. The second-order valence-corrected chi connectivity index (χ2v) is 9.95. The van der Waals surface area contributed by atoms with Crippen molar-refractivity contribution in [2.75, 3.05) is 18.4 Å². The van der Waals surface area contributed by atoms with Crippen molar-refractivity contribution in [1.29, 1.82) is 0 Å². The van der Waals surface area contributed by atoms with Crippen molar-refractivity contribution in [2.45, 2.75) is 24.7 Å². The van der Waals surface area contributed by atoms with Gasteiger partial charge in [0, 0.05) is 24.3 Å². The van der Waals surface area contributed by atoms with Crippen LogP contribution in [0.25, 0.3) is 10.2 Å². The van der Waals surface area contributed by atoms with E-state index in [-0.39, 0.29) is 10.8 Å². The van der Waals surface area contributed by atoms with Gasteiger partial charge in [-0.05, 0) is 61.2 Å². The molecule has 4 rings (SSSR count). The summed E-state index contributed by atoms with van der Waals surface area (Å²) in [5.41, 5.74) is 3.70. The summed E-state index contributed by atoms with van der Waals surface area (Å²) in [6.45, 7) is 3.19. The number of carbonyl (C=O) groups is 1. The van der Waals surface area contributed by atoms with Crippen LogP contribution in [0.5, 0.6) is 0 Å². The molecule has 146 valence electrons. The van der Waals surface area contributed by atoms with Gasteiger partial charge in [-0.2, -0.15) is 4.31 Å². The van der Waals surface area contributed by atoms with Crippen LogP contribution < -0.4 is 5.32 Å². The van der Waals surface area contributed by atoms with Crippen LogP contribution in [0, 0.1) is 5.92 Å². The van der Waals surface area contributed by atoms with Gasteiger partial charge in [0.15, 0.2) is 0 Å². The van der Waals surface area contributed by atoms with Crippen LogP contribution in [-0.4, -0.2) is 36.7 Å². The Balaban J connectivity index is 1.49. The van der Waals surface area contributed by atoms with Crippen LogP contribution in [-0.2, 0) is 10.0 Å². The first-order chi connectivity index (χ1) is 13.4. The molecular weight excluding hydrogens is 394 g/mol. The summed E-state index contributed by atoms with van der Waals surface area (Å²) in [6.07, 6.45) is 1.95. The van der Waals surface area contributed by atoms with Gasteiger partial charge in [0.1, 0.15) is 0 Å². The highest BCUT2D eigenvalue weighted by molar-refractivity contribution is 7.89. The first-order valence-corrected chi connectivity index (χ1v) is 11.5. The van der Waals surface area contributed by atoms with E-state index in [1.165, 1.54) is 11.3 Å². The van der Waals surface area contributed by atoms with Crippen LogP contribution in [0.4, 0.5) is 5.69 Å². The third kappa shape index (κ3) is 3.80. The van der Waals surface area contributed by atoms with E-state index in [1.54, 1.807) is 46.2 Å². The number of rotatable bonds is 4. The molecule has 1 aliphatic rings.